The van der Waals surface area contributed by atoms with E-state index in [-0.39, 0.29) is 26.8 Å². The highest BCUT2D eigenvalue weighted by molar-refractivity contribution is 7.92. The Bertz CT molecular complexity index is 1760. The van der Waals surface area contributed by atoms with Gasteiger partial charge in [0.15, 0.2) is 5.13 Å². The van der Waals surface area contributed by atoms with Gasteiger partial charge in [-0.2, -0.15) is 0 Å². The van der Waals surface area contributed by atoms with Crippen molar-refractivity contribution < 1.29 is 22.0 Å². The molecule has 0 aliphatic carbocycles. The number of carbonyl (C=O) groups is 1. The molecular formula is C25H16FN3O5S2. The molecule has 11 heteroatoms. The van der Waals surface area contributed by atoms with Gasteiger partial charge in [-0.15, -0.1) is 11.3 Å². The van der Waals surface area contributed by atoms with E-state index < -0.39 is 27.4 Å². The predicted octanol–water partition coefficient (Wildman–Crippen LogP) is 5.11. The molecule has 0 saturated carbocycles. The fourth-order valence-electron chi connectivity index (χ4n) is 3.45. The zero-order valence-electron chi connectivity index (χ0n) is 18.3. The summed E-state index contributed by atoms with van der Waals surface area (Å²) < 4.78 is 46.3. The third-order valence-corrected chi connectivity index (χ3v) is 7.32. The smallest absolute Gasteiger partial charge is 0.345 e. The van der Waals surface area contributed by atoms with E-state index in [1.54, 1.807) is 41.8 Å². The summed E-state index contributed by atoms with van der Waals surface area (Å²) in [7, 11) is -4.07. The average molecular weight is 522 g/mol. The molecule has 0 radical (unpaired) electrons. The topological polar surface area (TPSA) is 118 Å². The first-order valence-corrected chi connectivity index (χ1v) is 12.8. The molecule has 8 nitrogen and oxygen atoms in total. The molecule has 2 heterocycles. The summed E-state index contributed by atoms with van der Waals surface area (Å²) in [6.07, 6.45) is 0. The number of nitrogens with one attached hydrogen (secondary N) is 2. The van der Waals surface area contributed by atoms with Gasteiger partial charge in [0.25, 0.3) is 15.9 Å². The predicted molar refractivity (Wildman–Crippen MR) is 135 cm³/mol. The standard InChI is InChI=1S/C25H16FN3O5S2/c26-16-9-11-17(12-10-16)36(32,33)29-20-7-3-2-6-18(20)23(30)28-25-27-21(14-35-25)19-13-15-5-1-4-8-22(15)34-24(19)31/h1-14,29H,(H,27,28,30). The Hall–Kier alpha value is -4.35. The lowest BCUT2D eigenvalue weighted by Crippen LogP contribution is -2.18. The molecule has 1 amide bonds. The minimum Gasteiger partial charge on any atom is -0.422 e. The number of para-hydroxylation sites is 2. The Morgan fingerprint density at radius 1 is 0.972 bits per heavy atom. The van der Waals surface area contributed by atoms with Gasteiger partial charge in [-0.05, 0) is 48.5 Å². The Labute approximate surface area is 208 Å². The molecule has 180 valence electrons. The van der Waals surface area contributed by atoms with Crippen LogP contribution in [-0.4, -0.2) is 19.3 Å². The highest BCUT2D eigenvalue weighted by Gasteiger charge is 2.20. The fraction of sp³-hybridized carbons (Fsp3) is 0. The number of sulfonamides is 1. The zero-order chi connectivity index (χ0) is 25.3. The highest BCUT2D eigenvalue weighted by Crippen LogP contribution is 2.27. The molecule has 0 unspecified atom stereocenters. The summed E-state index contributed by atoms with van der Waals surface area (Å²) in [4.78, 5) is 29.6. The summed E-state index contributed by atoms with van der Waals surface area (Å²) in [6.45, 7) is 0. The van der Waals surface area contributed by atoms with Crippen molar-refractivity contribution in [1.29, 1.82) is 0 Å². The van der Waals surface area contributed by atoms with Crippen LogP contribution in [0, 0.1) is 5.82 Å². The number of benzene rings is 3. The maximum atomic E-state index is 13.2. The number of aromatic nitrogens is 1. The van der Waals surface area contributed by atoms with E-state index in [0.717, 1.165) is 41.0 Å². The monoisotopic (exact) mass is 521 g/mol. The number of anilines is 2. The van der Waals surface area contributed by atoms with E-state index in [1.807, 2.05) is 6.07 Å². The van der Waals surface area contributed by atoms with Crippen LogP contribution in [0.3, 0.4) is 0 Å². The molecule has 0 aliphatic rings. The van der Waals surface area contributed by atoms with E-state index in [2.05, 4.69) is 15.0 Å². The maximum Gasteiger partial charge on any atom is 0.345 e. The molecule has 36 heavy (non-hydrogen) atoms. The molecule has 0 aliphatic heterocycles. The lowest BCUT2D eigenvalue weighted by atomic mass is 10.1. The lowest BCUT2D eigenvalue weighted by molar-refractivity contribution is 0.102. The Kier molecular flexibility index (Phi) is 6.08. The van der Waals surface area contributed by atoms with Gasteiger partial charge < -0.3 is 4.42 Å². The number of halogens is 1. The van der Waals surface area contributed by atoms with Gasteiger partial charge in [0, 0.05) is 10.8 Å². The van der Waals surface area contributed by atoms with Crippen LogP contribution in [0.25, 0.3) is 22.2 Å². The van der Waals surface area contributed by atoms with Crippen LogP contribution >= 0.6 is 11.3 Å². The van der Waals surface area contributed by atoms with E-state index >= 15 is 0 Å². The highest BCUT2D eigenvalue weighted by atomic mass is 32.2. The van der Waals surface area contributed by atoms with E-state index in [0.29, 0.717) is 11.3 Å². The third kappa shape index (κ3) is 4.74. The number of amides is 1. The summed E-state index contributed by atoms with van der Waals surface area (Å²) in [5.74, 6) is -1.18. The van der Waals surface area contributed by atoms with Crippen LogP contribution in [0.4, 0.5) is 15.2 Å². The SMILES string of the molecule is O=C(Nc1nc(-c2cc3ccccc3oc2=O)cs1)c1ccccc1NS(=O)(=O)c1ccc(F)cc1. The van der Waals surface area contributed by atoms with Gasteiger partial charge >= 0.3 is 5.63 Å². The van der Waals surface area contributed by atoms with Gasteiger partial charge in [0.2, 0.25) is 0 Å². The number of fused-ring (bicyclic) bond motifs is 1. The molecule has 2 aromatic heterocycles. The van der Waals surface area contributed by atoms with Crippen molar-refractivity contribution in [3.63, 3.8) is 0 Å². The second-order valence-electron chi connectivity index (χ2n) is 7.58. The van der Waals surface area contributed by atoms with Crippen LogP contribution in [0.1, 0.15) is 10.4 Å². The van der Waals surface area contributed by atoms with E-state index in [4.69, 9.17) is 4.42 Å². The van der Waals surface area contributed by atoms with Crippen molar-refractivity contribution in [1.82, 2.24) is 4.98 Å². The average Bonchev–Trinajstić information content (AvgIpc) is 3.32. The number of rotatable bonds is 6. The van der Waals surface area contributed by atoms with Crippen molar-refractivity contribution in [3.05, 3.63) is 106 Å². The molecule has 3 aromatic carbocycles. The van der Waals surface area contributed by atoms with Gasteiger partial charge in [0.05, 0.1) is 27.4 Å². The summed E-state index contributed by atoms with van der Waals surface area (Å²) in [5, 5.41) is 5.18. The largest absolute Gasteiger partial charge is 0.422 e. The van der Waals surface area contributed by atoms with Crippen LogP contribution < -0.4 is 15.7 Å². The second-order valence-corrected chi connectivity index (χ2v) is 10.1. The fourth-order valence-corrected chi connectivity index (χ4v) is 5.23. The first kappa shape index (κ1) is 23.4. The molecule has 0 fully saturated rings. The molecule has 0 saturated heterocycles. The first-order valence-electron chi connectivity index (χ1n) is 10.5. The van der Waals surface area contributed by atoms with Crippen molar-refractivity contribution in [2.75, 3.05) is 10.0 Å². The van der Waals surface area contributed by atoms with Crippen molar-refractivity contribution in [2.45, 2.75) is 4.90 Å². The quantitative estimate of drug-likeness (QED) is 0.300. The van der Waals surface area contributed by atoms with Crippen LogP contribution in [0.5, 0.6) is 0 Å². The molecular weight excluding hydrogens is 505 g/mol. The number of hydrogen-bond donors (Lipinski definition) is 2. The summed E-state index contributed by atoms with van der Waals surface area (Å²) in [6, 6.07) is 19.1. The maximum absolute atomic E-state index is 13.2. The van der Waals surface area contributed by atoms with Crippen molar-refractivity contribution in [3.8, 4) is 11.3 Å². The van der Waals surface area contributed by atoms with Gasteiger partial charge in [-0.3, -0.25) is 14.8 Å². The van der Waals surface area contributed by atoms with Crippen LogP contribution in [0.2, 0.25) is 0 Å². The van der Waals surface area contributed by atoms with Gasteiger partial charge in [0.1, 0.15) is 11.4 Å². The van der Waals surface area contributed by atoms with E-state index in [9.17, 15) is 22.4 Å². The number of hydrogen-bond acceptors (Lipinski definition) is 7. The minimum atomic E-state index is -4.07. The van der Waals surface area contributed by atoms with Crippen molar-refractivity contribution in [2.24, 2.45) is 0 Å². The van der Waals surface area contributed by atoms with E-state index in [1.165, 1.54) is 12.1 Å². The summed E-state index contributed by atoms with van der Waals surface area (Å²) in [5.41, 5.74) is 0.557. The summed E-state index contributed by atoms with van der Waals surface area (Å²) >= 11 is 1.10. The molecule has 0 bridgehead atoms. The third-order valence-electron chi connectivity index (χ3n) is 5.18. The Morgan fingerprint density at radius 3 is 2.50 bits per heavy atom. The number of thiazole rings is 1. The number of carbonyl (C=O) groups excluding carboxylic acids is 1. The first-order chi connectivity index (χ1) is 17.3. The van der Waals surface area contributed by atoms with Crippen molar-refractivity contribution >= 4 is 49.1 Å². The van der Waals surface area contributed by atoms with Gasteiger partial charge in [-0.25, -0.2) is 22.6 Å². The molecule has 5 aromatic rings. The van der Waals surface area contributed by atoms with Gasteiger partial charge in [-0.1, -0.05) is 30.3 Å². The number of nitrogens with zero attached hydrogens (tertiary/aromatic N) is 1. The molecule has 5 rings (SSSR count). The Morgan fingerprint density at radius 2 is 1.69 bits per heavy atom. The normalized spacial score (nSPS) is 11.4. The van der Waals surface area contributed by atoms with Crippen LogP contribution in [0.15, 0.2) is 98.4 Å². The van der Waals surface area contributed by atoms with Crippen LogP contribution in [-0.2, 0) is 10.0 Å². The molecule has 0 spiro atoms. The zero-order valence-corrected chi connectivity index (χ0v) is 19.9. The Balaban J connectivity index is 1.39. The second kappa shape index (κ2) is 9.36. The minimum absolute atomic E-state index is 0.0336. The lowest BCUT2D eigenvalue weighted by Gasteiger charge is -2.12. The molecule has 0 atom stereocenters. The molecule has 2 N–H and O–H groups in total.